The summed E-state index contributed by atoms with van der Waals surface area (Å²) in [5, 5.41) is 0. The number of benzene rings is 2. The molecule has 0 amide bonds. The molecule has 0 saturated heterocycles. The van der Waals surface area contributed by atoms with Gasteiger partial charge in [0.15, 0.2) is 5.78 Å². The van der Waals surface area contributed by atoms with Gasteiger partial charge in [0.25, 0.3) is 0 Å². The van der Waals surface area contributed by atoms with Gasteiger partial charge in [-0.05, 0) is 54.5 Å². The molecule has 0 aromatic heterocycles. The first kappa shape index (κ1) is 16.5. The van der Waals surface area contributed by atoms with Gasteiger partial charge in [0.05, 0.1) is 6.61 Å². The molecule has 2 nitrogen and oxygen atoms in total. The molecule has 0 N–H and O–H groups in total. The number of ketones is 1. The van der Waals surface area contributed by atoms with Crippen LogP contribution >= 0.6 is 0 Å². The van der Waals surface area contributed by atoms with Gasteiger partial charge in [-0.3, -0.25) is 4.79 Å². The molecule has 3 rings (SSSR count). The van der Waals surface area contributed by atoms with E-state index in [1.807, 2.05) is 54.6 Å². The highest BCUT2D eigenvalue weighted by Gasteiger charge is 2.20. The Bertz CT molecular complexity index is 739. The van der Waals surface area contributed by atoms with Gasteiger partial charge in [-0.15, -0.1) is 0 Å². The van der Waals surface area contributed by atoms with E-state index in [9.17, 15) is 4.79 Å². The lowest BCUT2D eigenvalue weighted by molar-refractivity contribution is 0.102. The third-order valence-corrected chi connectivity index (χ3v) is 4.40. The number of ether oxygens (including phenoxy) is 1. The van der Waals surface area contributed by atoms with Crippen molar-refractivity contribution in [1.82, 2.24) is 0 Å². The van der Waals surface area contributed by atoms with Crippen LogP contribution in [0.4, 0.5) is 0 Å². The summed E-state index contributed by atoms with van der Waals surface area (Å²) in [4.78, 5) is 12.6. The first-order chi connectivity index (χ1) is 11.6. The largest absolute Gasteiger partial charge is 0.494 e. The molecule has 2 aromatic rings. The Hall–Kier alpha value is -2.35. The number of hydrogen-bond donors (Lipinski definition) is 0. The number of fused-ring (bicyclic) bond motifs is 1. The fourth-order valence-corrected chi connectivity index (χ4v) is 2.93. The average Bonchev–Trinajstić information content (AvgIpc) is 2.59. The van der Waals surface area contributed by atoms with Crippen molar-refractivity contribution in [1.29, 1.82) is 0 Å². The summed E-state index contributed by atoms with van der Waals surface area (Å²) in [5.74, 6) is 1.70. The number of aryl methyl sites for hydroxylation is 1. The van der Waals surface area contributed by atoms with Crippen molar-refractivity contribution in [3.05, 3.63) is 70.8 Å². The SMILES string of the molecule is CC(C)CCOc1ccc(/C=C2/CCc3ccccc3C2=O)cc1. The van der Waals surface area contributed by atoms with E-state index in [0.717, 1.165) is 53.9 Å². The lowest BCUT2D eigenvalue weighted by Crippen LogP contribution is -2.13. The van der Waals surface area contributed by atoms with E-state index in [1.54, 1.807) is 0 Å². The van der Waals surface area contributed by atoms with Crippen molar-refractivity contribution in [2.45, 2.75) is 33.1 Å². The normalized spacial score (nSPS) is 15.6. The molecular weight excluding hydrogens is 296 g/mol. The Morgan fingerprint density at radius 1 is 1.04 bits per heavy atom. The summed E-state index contributed by atoms with van der Waals surface area (Å²) in [7, 11) is 0. The molecule has 0 aliphatic heterocycles. The van der Waals surface area contributed by atoms with Gasteiger partial charge in [0.1, 0.15) is 5.75 Å². The van der Waals surface area contributed by atoms with Crippen molar-refractivity contribution >= 4 is 11.9 Å². The molecule has 2 aromatic carbocycles. The smallest absolute Gasteiger partial charge is 0.189 e. The highest BCUT2D eigenvalue weighted by molar-refractivity contribution is 6.13. The van der Waals surface area contributed by atoms with E-state index in [4.69, 9.17) is 4.74 Å². The Morgan fingerprint density at radius 3 is 2.54 bits per heavy atom. The minimum absolute atomic E-state index is 0.161. The maximum Gasteiger partial charge on any atom is 0.189 e. The molecule has 1 aliphatic carbocycles. The Balaban J connectivity index is 1.69. The van der Waals surface area contributed by atoms with E-state index < -0.39 is 0 Å². The highest BCUT2D eigenvalue weighted by atomic mass is 16.5. The van der Waals surface area contributed by atoms with Crippen LogP contribution < -0.4 is 4.74 Å². The molecular formula is C22H24O2. The van der Waals surface area contributed by atoms with E-state index in [-0.39, 0.29) is 5.78 Å². The van der Waals surface area contributed by atoms with Gasteiger partial charge in [0.2, 0.25) is 0 Å². The van der Waals surface area contributed by atoms with Gasteiger partial charge in [-0.25, -0.2) is 0 Å². The number of rotatable bonds is 5. The maximum absolute atomic E-state index is 12.6. The van der Waals surface area contributed by atoms with Crippen LogP contribution in [0.2, 0.25) is 0 Å². The van der Waals surface area contributed by atoms with Crippen molar-refractivity contribution < 1.29 is 9.53 Å². The molecule has 0 atom stereocenters. The van der Waals surface area contributed by atoms with E-state index in [2.05, 4.69) is 13.8 Å². The first-order valence-electron chi connectivity index (χ1n) is 8.69. The zero-order valence-corrected chi connectivity index (χ0v) is 14.4. The molecule has 2 heteroatoms. The van der Waals surface area contributed by atoms with Crippen LogP contribution in [0.15, 0.2) is 54.1 Å². The Morgan fingerprint density at radius 2 is 1.79 bits per heavy atom. The van der Waals surface area contributed by atoms with Crippen molar-refractivity contribution in [3.63, 3.8) is 0 Å². The van der Waals surface area contributed by atoms with Gasteiger partial charge < -0.3 is 4.74 Å². The highest BCUT2D eigenvalue weighted by Crippen LogP contribution is 2.27. The van der Waals surface area contributed by atoms with Crippen LogP contribution in [0.5, 0.6) is 5.75 Å². The second-order valence-electron chi connectivity index (χ2n) is 6.76. The van der Waals surface area contributed by atoms with E-state index in [1.165, 1.54) is 0 Å². The zero-order chi connectivity index (χ0) is 16.9. The predicted octanol–water partition coefficient (Wildman–Crippen LogP) is 5.32. The topological polar surface area (TPSA) is 26.3 Å². The molecule has 124 valence electrons. The standard InChI is InChI=1S/C22H24O2/c1-16(2)13-14-24-20-11-7-17(8-12-20)15-19-10-9-18-5-3-4-6-21(18)22(19)23/h3-8,11-12,15-16H,9-10,13-14H2,1-2H3/b19-15-. The molecule has 0 radical (unpaired) electrons. The molecule has 24 heavy (non-hydrogen) atoms. The summed E-state index contributed by atoms with van der Waals surface area (Å²) in [6.07, 6.45) is 4.81. The molecule has 1 aliphatic rings. The summed E-state index contributed by atoms with van der Waals surface area (Å²) >= 11 is 0. The van der Waals surface area contributed by atoms with Gasteiger partial charge in [-0.2, -0.15) is 0 Å². The third kappa shape index (κ3) is 3.94. The van der Waals surface area contributed by atoms with Gasteiger partial charge in [-0.1, -0.05) is 50.2 Å². The van der Waals surface area contributed by atoms with Crippen LogP contribution in [-0.2, 0) is 6.42 Å². The van der Waals surface area contributed by atoms with Crippen molar-refractivity contribution in [2.75, 3.05) is 6.61 Å². The van der Waals surface area contributed by atoms with Crippen LogP contribution in [0.25, 0.3) is 6.08 Å². The first-order valence-corrected chi connectivity index (χ1v) is 8.69. The monoisotopic (exact) mass is 320 g/mol. The van der Waals surface area contributed by atoms with Crippen LogP contribution in [0.3, 0.4) is 0 Å². The number of allylic oxidation sites excluding steroid dienone is 1. The molecule has 0 bridgehead atoms. The number of Topliss-reactive ketones (excluding diaryl/α,β-unsaturated/α-hetero) is 1. The Labute approximate surface area is 144 Å². The van der Waals surface area contributed by atoms with Gasteiger partial charge in [0, 0.05) is 11.1 Å². The van der Waals surface area contributed by atoms with Gasteiger partial charge >= 0.3 is 0 Å². The minimum atomic E-state index is 0.161. The minimum Gasteiger partial charge on any atom is -0.494 e. The molecule has 0 saturated carbocycles. The van der Waals surface area contributed by atoms with Crippen LogP contribution in [-0.4, -0.2) is 12.4 Å². The molecule has 0 unspecified atom stereocenters. The van der Waals surface area contributed by atoms with Crippen LogP contribution in [0, 0.1) is 5.92 Å². The fourth-order valence-electron chi connectivity index (χ4n) is 2.93. The predicted molar refractivity (Wildman–Crippen MR) is 98.5 cm³/mol. The Kier molecular flexibility index (Phi) is 5.14. The van der Waals surface area contributed by atoms with Crippen molar-refractivity contribution in [2.24, 2.45) is 5.92 Å². The van der Waals surface area contributed by atoms with E-state index in [0.29, 0.717) is 5.92 Å². The summed E-state index contributed by atoms with van der Waals surface area (Å²) in [6, 6.07) is 15.9. The molecule has 0 spiro atoms. The third-order valence-electron chi connectivity index (χ3n) is 4.40. The summed E-state index contributed by atoms with van der Waals surface area (Å²) < 4.78 is 5.74. The van der Waals surface area contributed by atoms with E-state index >= 15 is 0 Å². The zero-order valence-electron chi connectivity index (χ0n) is 14.4. The van der Waals surface area contributed by atoms with Crippen molar-refractivity contribution in [3.8, 4) is 5.75 Å². The fraction of sp³-hybridized carbons (Fsp3) is 0.318. The number of carbonyl (C=O) groups is 1. The second-order valence-corrected chi connectivity index (χ2v) is 6.76. The lowest BCUT2D eigenvalue weighted by atomic mass is 9.86. The second kappa shape index (κ2) is 7.48. The maximum atomic E-state index is 12.6. The lowest BCUT2D eigenvalue weighted by Gasteiger charge is -2.17. The average molecular weight is 320 g/mol. The quantitative estimate of drug-likeness (QED) is 0.697. The summed E-state index contributed by atoms with van der Waals surface area (Å²) in [5.41, 5.74) is 3.95. The number of hydrogen-bond acceptors (Lipinski definition) is 2. The molecule has 0 heterocycles. The summed E-state index contributed by atoms with van der Waals surface area (Å²) in [6.45, 7) is 5.13. The van der Waals surface area contributed by atoms with Crippen LogP contribution in [0.1, 0.15) is 48.2 Å². The molecule has 0 fully saturated rings. The number of carbonyl (C=O) groups excluding carboxylic acids is 1.